The van der Waals surface area contributed by atoms with Crippen molar-refractivity contribution in [1.82, 2.24) is 10.0 Å². The topological polar surface area (TPSA) is 190 Å². The Balaban J connectivity index is 2.41. The van der Waals surface area contributed by atoms with E-state index in [2.05, 4.69) is 5.32 Å². The summed E-state index contributed by atoms with van der Waals surface area (Å²) in [7, 11) is -4.31. The lowest BCUT2D eigenvalue weighted by molar-refractivity contribution is -0.270. The van der Waals surface area contributed by atoms with Crippen molar-refractivity contribution < 1.29 is 56.1 Å². The summed E-state index contributed by atoms with van der Waals surface area (Å²) in [5.41, 5.74) is 0. The average Bonchev–Trinajstić information content (AvgIpc) is 2.75. The van der Waals surface area contributed by atoms with E-state index in [9.17, 15) is 32.4 Å². The van der Waals surface area contributed by atoms with Gasteiger partial charge in [-0.2, -0.15) is 0 Å². The molecule has 2 rings (SSSR count). The van der Waals surface area contributed by atoms with E-state index in [1.807, 2.05) is 0 Å². The lowest BCUT2D eigenvalue weighted by Crippen LogP contribution is -2.67. The zero-order valence-electron chi connectivity index (χ0n) is 19.8. The second-order valence-corrected chi connectivity index (χ2v) is 9.20. The fraction of sp³-hybridized carbons (Fsp3) is 0.476. The molecule has 1 aromatic rings. The van der Waals surface area contributed by atoms with Gasteiger partial charge in [0.15, 0.2) is 12.2 Å². The van der Waals surface area contributed by atoms with Crippen LogP contribution in [0, 0.1) is 0 Å². The minimum Gasteiger partial charge on any atom is -0.463 e. The molecule has 1 aliphatic rings. The van der Waals surface area contributed by atoms with Crippen molar-refractivity contribution in [3.8, 4) is 0 Å². The van der Waals surface area contributed by atoms with Gasteiger partial charge in [0, 0.05) is 27.7 Å². The maximum atomic E-state index is 12.7. The predicted molar refractivity (Wildman–Crippen MR) is 117 cm³/mol. The number of amides is 2. The molecule has 1 heterocycles. The van der Waals surface area contributed by atoms with E-state index < -0.39 is 77.2 Å². The van der Waals surface area contributed by atoms with Crippen LogP contribution in [0.5, 0.6) is 0 Å². The molecule has 1 saturated heterocycles. The molecule has 2 N–H and O–H groups in total. The summed E-state index contributed by atoms with van der Waals surface area (Å²) in [6.45, 7) is 3.72. The van der Waals surface area contributed by atoms with Crippen molar-refractivity contribution in [2.45, 2.75) is 63.2 Å². The Morgan fingerprint density at radius 1 is 0.833 bits per heavy atom. The van der Waals surface area contributed by atoms with Crippen LogP contribution in [0.4, 0.5) is 4.79 Å². The van der Waals surface area contributed by atoms with Crippen molar-refractivity contribution in [3.05, 3.63) is 30.3 Å². The zero-order chi connectivity index (χ0) is 27.0. The van der Waals surface area contributed by atoms with Crippen molar-refractivity contribution in [3.63, 3.8) is 0 Å². The number of urea groups is 1. The molecule has 36 heavy (non-hydrogen) atoms. The van der Waals surface area contributed by atoms with Gasteiger partial charge in [-0.3, -0.25) is 19.2 Å². The van der Waals surface area contributed by atoms with Gasteiger partial charge in [-0.25, -0.2) is 17.9 Å². The van der Waals surface area contributed by atoms with Crippen LogP contribution in [0.1, 0.15) is 27.7 Å². The van der Waals surface area contributed by atoms with Gasteiger partial charge in [0.2, 0.25) is 6.29 Å². The van der Waals surface area contributed by atoms with Crippen LogP contribution in [0.15, 0.2) is 35.2 Å². The SMILES string of the molecule is CC(=O)OCC1O[C@@H](OC(C)=O)[C@@H](NC(=O)NS(=O)(=O)c2ccccc2)C(OC(C)=O)[C@@H]1OC(C)=O. The molecule has 0 radical (unpaired) electrons. The molecular weight excluding hydrogens is 504 g/mol. The number of sulfonamides is 1. The molecule has 1 aromatic carbocycles. The highest BCUT2D eigenvalue weighted by Crippen LogP contribution is 2.28. The second-order valence-electron chi connectivity index (χ2n) is 7.52. The van der Waals surface area contributed by atoms with Gasteiger partial charge in [0.05, 0.1) is 4.90 Å². The molecule has 2 amide bonds. The summed E-state index contributed by atoms with van der Waals surface area (Å²) >= 11 is 0. The standard InChI is InChI=1S/C21H26N2O12S/c1-11(24)31-10-16-18(32-12(2)25)19(33-13(3)26)17(20(35-16)34-14(4)27)22-21(28)23-36(29,30)15-8-6-5-7-9-15/h5-9,16-20H,10H2,1-4H3,(H2,22,23,28)/t16?,17-,18+,19?,20+/m0/s1. The van der Waals surface area contributed by atoms with Gasteiger partial charge in [-0.05, 0) is 12.1 Å². The summed E-state index contributed by atoms with van der Waals surface area (Å²) in [6, 6.07) is 4.12. The first-order chi connectivity index (χ1) is 16.8. The molecule has 15 heteroatoms. The number of nitrogens with one attached hydrogen (secondary N) is 2. The maximum absolute atomic E-state index is 12.7. The predicted octanol–water partition coefficient (Wildman–Crippen LogP) is -0.242. The van der Waals surface area contributed by atoms with Crippen LogP contribution in [-0.2, 0) is 52.9 Å². The number of carbonyl (C=O) groups is 5. The highest BCUT2D eigenvalue weighted by atomic mass is 32.2. The highest BCUT2D eigenvalue weighted by molar-refractivity contribution is 7.90. The number of hydrogen-bond acceptors (Lipinski definition) is 12. The summed E-state index contributed by atoms with van der Waals surface area (Å²) in [6.07, 6.45) is -5.95. The van der Waals surface area contributed by atoms with Crippen molar-refractivity contribution in [1.29, 1.82) is 0 Å². The van der Waals surface area contributed by atoms with E-state index in [-0.39, 0.29) is 4.90 Å². The van der Waals surface area contributed by atoms with E-state index in [1.165, 1.54) is 24.3 Å². The van der Waals surface area contributed by atoms with Gasteiger partial charge >= 0.3 is 29.9 Å². The van der Waals surface area contributed by atoms with Crippen LogP contribution >= 0.6 is 0 Å². The fourth-order valence-electron chi connectivity index (χ4n) is 3.28. The lowest BCUT2D eigenvalue weighted by atomic mass is 9.96. The summed E-state index contributed by atoms with van der Waals surface area (Å²) < 4.78 is 52.9. The Labute approximate surface area is 206 Å². The van der Waals surface area contributed by atoms with E-state index in [0.717, 1.165) is 27.7 Å². The first kappa shape index (κ1) is 28.5. The second kappa shape index (κ2) is 12.3. The van der Waals surface area contributed by atoms with E-state index in [0.29, 0.717) is 0 Å². The number of esters is 4. The summed E-state index contributed by atoms with van der Waals surface area (Å²) in [5.74, 6) is -3.30. The molecule has 0 aliphatic carbocycles. The smallest absolute Gasteiger partial charge is 0.329 e. The number of benzene rings is 1. The van der Waals surface area contributed by atoms with Crippen LogP contribution in [-0.4, -0.2) is 75.6 Å². The number of hydrogen-bond donors (Lipinski definition) is 2. The molecule has 1 aliphatic heterocycles. The lowest BCUT2D eigenvalue weighted by Gasteiger charge is -2.44. The van der Waals surface area contributed by atoms with Gasteiger partial charge < -0.3 is 29.0 Å². The summed E-state index contributed by atoms with van der Waals surface area (Å²) in [5, 5.41) is 2.24. The van der Waals surface area contributed by atoms with Crippen molar-refractivity contribution in [2.24, 2.45) is 0 Å². The number of carbonyl (C=O) groups excluding carboxylic acids is 5. The monoisotopic (exact) mass is 530 g/mol. The van der Waals surface area contributed by atoms with Crippen LogP contribution in [0.2, 0.25) is 0 Å². The molecule has 1 fully saturated rings. The molecule has 14 nitrogen and oxygen atoms in total. The molecule has 0 saturated carbocycles. The minimum absolute atomic E-state index is 0.215. The summed E-state index contributed by atoms with van der Waals surface area (Å²) in [4.78, 5) is 59.1. The average molecular weight is 531 g/mol. The number of rotatable bonds is 8. The Kier molecular flexibility index (Phi) is 9.75. The Morgan fingerprint density at radius 2 is 1.39 bits per heavy atom. The molecule has 0 aromatic heterocycles. The molecule has 2 unspecified atom stereocenters. The van der Waals surface area contributed by atoms with E-state index in [4.69, 9.17) is 23.7 Å². The van der Waals surface area contributed by atoms with E-state index in [1.54, 1.807) is 10.8 Å². The molecule has 198 valence electrons. The van der Waals surface area contributed by atoms with Gasteiger partial charge in [-0.15, -0.1) is 0 Å². The zero-order valence-corrected chi connectivity index (χ0v) is 20.6. The van der Waals surface area contributed by atoms with Crippen molar-refractivity contribution in [2.75, 3.05) is 6.61 Å². The maximum Gasteiger partial charge on any atom is 0.329 e. The molecule has 0 bridgehead atoms. The fourth-order valence-corrected chi connectivity index (χ4v) is 4.22. The Bertz CT molecular complexity index is 1090. The first-order valence-corrected chi connectivity index (χ1v) is 12.0. The molecule has 5 atom stereocenters. The van der Waals surface area contributed by atoms with Crippen LogP contribution in [0.25, 0.3) is 0 Å². The van der Waals surface area contributed by atoms with Gasteiger partial charge in [-0.1, -0.05) is 18.2 Å². The highest BCUT2D eigenvalue weighted by Gasteiger charge is 2.52. The van der Waals surface area contributed by atoms with E-state index >= 15 is 0 Å². The Hall–Kier alpha value is -3.72. The minimum atomic E-state index is -4.31. The third-order valence-corrected chi connectivity index (χ3v) is 5.91. The van der Waals surface area contributed by atoms with Crippen molar-refractivity contribution >= 4 is 39.9 Å². The Morgan fingerprint density at radius 3 is 1.92 bits per heavy atom. The first-order valence-electron chi connectivity index (χ1n) is 10.5. The third kappa shape index (κ3) is 8.20. The van der Waals surface area contributed by atoms with Gasteiger partial charge in [0.25, 0.3) is 10.0 Å². The van der Waals surface area contributed by atoms with Crippen LogP contribution in [0.3, 0.4) is 0 Å². The number of ether oxygens (including phenoxy) is 5. The largest absolute Gasteiger partial charge is 0.463 e. The molecular formula is C21H26N2O12S. The quantitative estimate of drug-likeness (QED) is 0.332. The normalized spacial score (nSPS) is 23.5. The van der Waals surface area contributed by atoms with Gasteiger partial charge in [0.1, 0.15) is 18.8 Å². The molecule has 0 spiro atoms. The third-order valence-electron chi connectivity index (χ3n) is 4.56. The van der Waals surface area contributed by atoms with Crippen LogP contribution < -0.4 is 10.0 Å².